The number of benzene rings is 13. The summed E-state index contributed by atoms with van der Waals surface area (Å²) in [6.45, 7) is 50.6. The van der Waals surface area contributed by atoms with Gasteiger partial charge in [-0.2, -0.15) is 0 Å². The van der Waals surface area contributed by atoms with Crippen molar-refractivity contribution in [3.8, 4) is 5.75 Å². The minimum atomic E-state index is -0.179. The molecule has 0 radical (unpaired) electrons. The molecule has 4 aliphatic rings. The summed E-state index contributed by atoms with van der Waals surface area (Å²) in [6, 6.07) is 128. The van der Waals surface area contributed by atoms with E-state index in [2.05, 4.69) is 483 Å². The first-order valence-electron chi connectivity index (χ1n) is 52.5. The van der Waals surface area contributed by atoms with Gasteiger partial charge in [-0.3, -0.25) is 14.4 Å². The summed E-state index contributed by atoms with van der Waals surface area (Å²) in [5, 5.41) is 0.414. The smallest absolute Gasteiger partial charge is 0.357 e. The van der Waals surface area contributed by atoms with Gasteiger partial charge >= 0.3 is 42.4 Å². The Bertz CT molecular complexity index is 5720. The molecule has 13 aromatic carbocycles. The third-order valence-electron chi connectivity index (χ3n) is 26.3. The van der Waals surface area contributed by atoms with E-state index >= 15 is 0 Å². The highest BCUT2D eigenvalue weighted by molar-refractivity contribution is 7.99. The maximum atomic E-state index is 11.6. The van der Waals surface area contributed by atoms with Crippen LogP contribution in [0.3, 0.4) is 0 Å². The fraction of sp³-hybridized carbons (Fsp3) is 0.376. The molecule has 0 amide bonds. The number of ketones is 3. The molecule has 3 saturated heterocycles. The molecule has 1 unspecified atom stereocenters. The van der Waals surface area contributed by atoms with Crippen molar-refractivity contribution in [1.82, 2.24) is 0 Å². The number of carbonyl (C=O) groups excluding carboxylic acids is 3. The van der Waals surface area contributed by atoms with Crippen LogP contribution in [-0.2, 0) is 107 Å². The number of Topliss-reactive ketones (excluding diaryl/α,β-unsaturated/α-hetero) is 2. The van der Waals surface area contributed by atoms with Crippen molar-refractivity contribution >= 4 is 82.7 Å². The summed E-state index contributed by atoms with van der Waals surface area (Å²) in [4.78, 5) is 46.2. The van der Waals surface area contributed by atoms with Crippen LogP contribution in [0.5, 0.6) is 5.75 Å². The Hall–Kier alpha value is -8.03. The van der Waals surface area contributed by atoms with Crippen molar-refractivity contribution in [2.45, 2.75) is 312 Å². The number of rotatable bonds is 24. The van der Waals surface area contributed by atoms with Crippen LogP contribution >= 0.6 is 0 Å². The van der Waals surface area contributed by atoms with Crippen LogP contribution in [0.15, 0.2) is 408 Å². The third-order valence-corrected chi connectivity index (χ3v) is 46.1. The fourth-order valence-electron chi connectivity index (χ4n) is 16.4. The minimum Gasteiger partial charge on any atom is -0.488 e. The molecular weight excluding hydrogens is 2110 g/mol. The summed E-state index contributed by atoms with van der Waals surface area (Å²) in [6.07, 6.45) is 17.3. The summed E-state index contributed by atoms with van der Waals surface area (Å²) in [5.41, 5.74) is 9.36. The number of hydrogen-bond donors (Lipinski definition) is 0. The fourth-order valence-corrected chi connectivity index (χ4v) is 34.6. The van der Waals surface area contributed by atoms with Crippen molar-refractivity contribution in [2.75, 3.05) is 46.0 Å². The van der Waals surface area contributed by atoms with E-state index in [1.54, 1.807) is 6.08 Å². The van der Waals surface area contributed by atoms with Crippen LogP contribution in [0.2, 0.25) is 0 Å². The molecule has 3 fully saturated rings. The Balaban J connectivity index is 0.000000172. The molecule has 0 spiro atoms. The second-order valence-corrected chi connectivity index (χ2v) is 63.4. The average Bonchev–Trinajstić information content (AvgIpc) is 1.05. The first kappa shape index (κ1) is 119. The topological polar surface area (TPSA) is 60.4 Å². The summed E-state index contributed by atoms with van der Waals surface area (Å²) in [5.74, 6) is 11.9. The lowest BCUT2D eigenvalue weighted by Crippen LogP contribution is -3.61. The maximum absolute atomic E-state index is 11.6. The van der Waals surface area contributed by atoms with E-state index in [1.165, 1.54) is 178 Å². The van der Waals surface area contributed by atoms with Gasteiger partial charge in [0.2, 0.25) is 5.78 Å². The van der Waals surface area contributed by atoms with E-state index < -0.39 is 0 Å². The number of allylic oxidation sites excluding steroid dienone is 2. The van der Waals surface area contributed by atoms with Crippen LogP contribution in [0.4, 0.5) is 0 Å². The van der Waals surface area contributed by atoms with Gasteiger partial charge in [-0.25, -0.2) is 0 Å². The molecule has 3 aliphatic heterocycles. The van der Waals surface area contributed by atoms with Crippen molar-refractivity contribution in [3.63, 3.8) is 0 Å². The second kappa shape index (κ2) is 58.4. The molecule has 13 aromatic rings. The molecule has 766 valence electrons. The predicted molar refractivity (Wildman–Crippen MR) is 629 cm³/mol. The van der Waals surface area contributed by atoms with Gasteiger partial charge in [0.05, 0.1) is 32.7 Å². The van der Waals surface area contributed by atoms with Gasteiger partial charge in [-0.1, -0.05) is 325 Å². The molecule has 145 heavy (non-hydrogen) atoms. The highest BCUT2D eigenvalue weighted by Crippen LogP contribution is 2.38. The highest BCUT2D eigenvalue weighted by atomic mass is 127. The Morgan fingerprint density at radius 2 is 0.586 bits per heavy atom. The zero-order chi connectivity index (χ0) is 105. The molecule has 12 heteroatoms. The Labute approximate surface area is 915 Å². The molecular formula is C133H168I2O4S6+8. The molecule has 0 bridgehead atoms. The van der Waals surface area contributed by atoms with E-state index in [4.69, 9.17) is 4.74 Å². The van der Waals surface area contributed by atoms with Crippen molar-refractivity contribution < 1.29 is 61.5 Å². The van der Waals surface area contributed by atoms with Crippen molar-refractivity contribution in [1.29, 1.82) is 0 Å². The number of carbonyl (C=O) groups is 3. The van der Waals surface area contributed by atoms with Gasteiger partial charge in [-0.15, -0.1) is 0 Å². The van der Waals surface area contributed by atoms with Gasteiger partial charge in [0, 0.05) is 18.3 Å². The minimum absolute atomic E-state index is 0.0229. The van der Waals surface area contributed by atoms with Crippen LogP contribution < -0.4 is 47.1 Å². The van der Waals surface area contributed by atoms with Crippen LogP contribution in [0, 0.1) is 26.6 Å². The summed E-state index contributed by atoms with van der Waals surface area (Å²) < 4.78 is 11.9. The zero-order valence-corrected chi connectivity index (χ0v) is 101. The molecule has 0 saturated carbocycles. The number of ether oxygens (including phenoxy) is 1. The lowest BCUT2D eigenvalue weighted by Gasteiger charge is -2.23. The van der Waals surface area contributed by atoms with E-state index in [-0.39, 0.29) is 113 Å². The number of hydrogen-bond acceptors (Lipinski definition) is 4. The van der Waals surface area contributed by atoms with E-state index in [9.17, 15) is 14.4 Å². The summed E-state index contributed by atoms with van der Waals surface area (Å²) in [7, 11) is 1.22. The average molecular weight is 2280 g/mol. The molecule has 1 atom stereocenters. The Morgan fingerprint density at radius 1 is 0.324 bits per heavy atom. The molecule has 1 aliphatic carbocycles. The molecule has 3 heterocycles. The van der Waals surface area contributed by atoms with Gasteiger partial charge < -0.3 is 4.74 Å². The van der Waals surface area contributed by atoms with Gasteiger partial charge in [0.15, 0.2) is 86.7 Å². The first-order chi connectivity index (χ1) is 69.1. The monoisotopic (exact) mass is 2270 g/mol. The molecule has 4 nitrogen and oxygen atoms in total. The predicted octanol–water partition coefficient (Wildman–Crippen LogP) is 27.8. The van der Waals surface area contributed by atoms with Gasteiger partial charge in [0.25, 0.3) is 0 Å². The second-order valence-electron chi connectivity index (χ2n) is 44.1. The van der Waals surface area contributed by atoms with E-state index in [0.717, 1.165) is 36.5 Å². The van der Waals surface area contributed by atoms with Crippen LogP contribution in [0.25, 0.3) is 0 Å². The molecule has 0 N–H and O–H groups in total. The van der Waals surface area contributed by atoms with Crippen LogP contribution in [0.1, 0.15) is 256 Å². The van der Waals surface area contributed by atoms with Crippen molar-refractivity contribution in [3.05, 3.63) is 412 Å². The van der Waals surface area contributed by atoms with Gasteiger partial charge in [0.1, 0.15) is 45.9 Å². The van der Waals surface area contributed by atoms with E-state index in [0.29, 0.717) is 55.3 Å². The van der Waals surface area contributed by atoms with Crippen LogP contribution in [-0.4, -0.2) is 74.2 Å². The van der Waals surface area contributed by atoms with E-state index in [1.807, 2.05) is 33.8 Å². The standard InChI is InChI=1S/C22H30I.C22H23OS.C22H23S.C20H26I.C19H17S.C10H15OS.C10H19OS.C8H15OS/c1-7-21(3,4)17-9-13-19(14-10-17)23-20-15-11-18(12-16-20)22(5,6)8-2;1-22(2,3)23-18-14-16-21(17-15-18)24(19-10-6-4-7-11-19)20-12-8-5-9-13-20;1-22(2,3)18-14-16-21(17-15-18)23(19-10-6-4-7-11-19)20-12-8-5-9-13-20;1-19(2,3)15-7-11-17(12-8-15)21-18-13-9-16(10-14-18)20(4,5)6;1-16-12-14-19(15-13-16)20(17-8-4-2-5-9-17)18-10-6-3-7-11-18;11-9-5-1-2-6-10(9)12-7-3-4-8-12;1-10(2,3)9(11)8-12-6-4-5-7-12;1-2-8(9)7-10-5-3-4-6-10/h9-16H,7-8H2,1-6H3;4-17H,1-3H3;4-17H,1-3H3;7-14H,1-6H3;2-15H,1H3;1,5,10H,2-4,6-8H2;4-8H2,1-3H3;2-7H2,1H3/q8*+1. The Kier molecular flexibility index (Phi) is 47.9. The largest absolute Gasteiger partial charge is 0.488 e. The van der Waals surface area contributed by atoms with Gasteiger partial charge in [-0.05, 0) is 349 Å². The Morgan fingerprint density at radius 3 is 0.855 bits per heavy atom. The normalized spacial score (nSPS) is 14.6. The molecule has 17 rings (SSSR count). The SMILES string of the molecule is CC(C)(C)C(=O)C[S+]1CCCC1.CC(C)(C)Oc1ccc([S+](c2ccccc2)c2ccccc2)cc1.CC(C)(C)c1ccc([I+]c2ccc(C(C)(C)C)cc2)cc1.CC(C)(C)c1ccc([S+](c2ccccc2)c2ccccc2)cc1.CCC(=O)C[S+]1CCCC1.CCC(C)(C)c1ccc([I+]c2ccc(C(C)(C)CC)cc2)cc1.Cc1ccc([S+](c2ccccc2)c2ccccc2)cc1.O=C1C=CCCC1[S+]1CCCC1. The highest BCUT2D eigenvalue weighted by Gasteiger charge is 2.40. The third kappa shape index (κ3) is 40.0. The lowest BCUT2D eigenvalue weighted by molar-refractivity contribution is -0.597. The number of aryl methyl sites for hydroxylation is 1. The molecule has 0 aromatic heterocycles. The first-order valence-corrected chi connectivity index (χ1v) is 65.6. The maximum Gasteiger partial charge on any atom is 0.357 e. The number of halogens is 2. The quantitative estimate of drug-likeness (QED) is 0.0447. The summed E-state index contributed by atoms with van der Waals surface area (Å²) >= 11 is -0.150. The zero-order valence-electron chi connectivity index (χ0n) is 91.5. The van der Waals surface area contributed by atoms with Crippen molar-refractivity contribution in [2.24, 2.45) is 5.41 Å². The lowest BCUT2D eigenvalue weighted by atomic mass is 9.82.